The van der Waals surface area contributed by atoms with Crippen LogP contribution < -0.4 is 0 Å². The Hall–Kier alpha value is -0.980. The highest BCUT2D eigenvalue weighted by Gasteiger charge is 2.03. The zero-order valence-electron chi connectivity index (χ0n) is 8.22. The van der Waals surface area contributed by atoms with Crippen LogP contribution in [0.1, 0.15) is 5.56 Å². The fourth-order valence-electron chi connectivity index (χ4n) is 1.48. The minimum Gasteiger partial charge on any atom is -0.0827 e. The molecule has 75 valence electrons. The van der Waals surface area contributed by atoms with Crippen LogP contribution in [0.2, 0.25) is 10.0 Å². The van der Waals surface area contributed by atoms with E-state index < -0.39 is 0 Å². The van der Waals surface area contributed by atoms with Gasteiger partial charge in [0, 0.05) is 0 Å². The molecule has 0 amide bonds. The Bertz CT molecular complexity index is 490. The fraction of sp³-hybridized carbons (Fsp3) is 0.0769. The van der Waals surface area contributed by atoms with Crippen LogP contribution >= 0.6 is 23.2 Å². The molecule has 0 bridgehead atoms. The minimum atomic E-state index is 0.575. The van der Waals surface area contributed by atoms with Gasteiger partial charge in [-0.3, -0.25) is 0 Å². The van der Waals surface area contributed by atoms with Gasteiger partial charge in [0.2, 0.25) is 0 Å². The van der Waals surface area contributed by atoms with Crippen LogP contribution in [0.25, 0.3) is 11.1 Å². The van der Waals surface area contributed by atoms with Crippen molar-refractivity contribution in [3.05, 3.63) is 58.1 Å². The molecule has 0 saturated carbocycles. The summed E-state index contributed by atoms with van der Waals surface area (Å²) in [5, 5.41) is 1.15. The van der Waals surface area contributed by atoms with Crippen LogP contribution in [0.3, 0.4) is 0 Å². The van der Waals surface area contributed by atoms with Crippen molar-refractivity contribution < 1.29 is 0 Å². The number of benzene rings is 2. The van der Waals surface area contributed by atoms with Crippen LogP contribution in [0.5, 0.6) is 0 Å². The lowest BCUT2D eigenvalue weighted by atomic mass is 10.0. The third-order valence-corrected chi connectivity index (χ3v) is 3.01. The average molecular weight is 236 g/mol. The van der Waals surface area contributed by atoms with Crippen molar-refractivity contribution >= 4 is 23.2 Å². The Kier molecular flexibility index (Phi) is 2.99. The smallest absolute Gasteiger partial charge is 0.0598 e. The van der Waals surface area contributed by atoms with Gasteiger partial charge in [-0.2, -0.15) is 0 Å². The molecule has 0 aliphatic carbocycles. The van der Waals surface area contributed by atoms with Gasteiger partial charge in [0.1, 0.15) is 0 Å². The largest absolute Gasteiger partial charge is 0.0827 e. The van der Waals surface area contributed by atoms with Gasteiger partial charge < -0.3 is 0 Å². The molecule has 0 saturated heterocycles. The van der Waals surface area contributed by atoms with E-state index in [-0.39, 0.29) is 0 Å². The van der Waals surface area contributed by atoms with Crippen LogP contribution in [-0.2, 0) is 0 Å². The molecule has 0 nitrogen and oxygen atoms in total. The summed E-state index contributed by atoms with van der Waals surface area (Å²) >= 11 is 11.8. The Labute approximate surface area is 99.5 Å². The van der Waals surface area contributed by atoms with Gasteiger partial charge in [0.05, 0.1) is 10.0 Å². The molecule has 2 heteroatoms. The highest BCUT2D eigenvalue weighted by atomic mass is 35.5. The van der Waals surface area contributed by atoms with Crippen molar-refractivity contribution in [2.24, 2.45) is 0 Å². The number of hydrogen-bond acceptors (Lipinski definition) is 0. The summed E-state index contributed by atoms with van der Waals surface area (Å²) in [5.74, 6) is 0. The quantitative estimate of drug-likeness (QED) is 0.669. The first-order valence-corrected chi connectivity index (χ1v) is 5.37. The van der Waals surface area contributed by atoms with E-state index in [2.05, 4.69) is 6.07 Å². The molecule has 0 aliphatic rings. The second kappa shape index (κ2) is 4.26. The summed E-state index contributed by atoms with van der Waals surface area (Å²) in [5.41, 5.74) is 3.29. The van der Waals surface area contributed by atoms with Crippen LogP contribution in [0.15, 0.2) is 36.4 Å². The van der Waals surface area contributed by atoms with E-state index in [0.717, 1.165) is 11.1 Å². The molecule has 1 radical (unpaired) electrons. The summed E-state index contributed by atoms with van der Waals surface area (Å²) < 4.78 is 0. The minimum absolute atomic E-state index is 0.575. The predicted molar refractivity (Wildman–Crippen MR) is 65.5 cm³/mol. The molecule has 0 unspecified atom stereocenters. The van der Waals surface area contributed by atoms with E-state index in [4.69, 9.17) is 23.2 Å². The molecular formula is C13H9Cl2. The van der Waals surface area contributed by atoms with Gasteiger partial charge in [-0.25, -0.2) is 0 Å². The van der Waals surface area contributed by atoms with Crippen molar-refractivity contribution in [3.63, 3.8) is 0 Å². The first-order valence-electron chi connectivity index (χ1n) is 4.61. The molecule has 2 aromatic rings. The molecule has 0 heterocycles. The van der Waals surface area contributed by atoms with E-state index >= 15 is 0 Å². The molecule has 2 rings (SSSR count). The molecular weight excluding hydrogens is 227 g/mol. The molecule has 0 fully saturated rings. The number of aryl methyl sites for hydroxylation is 1. The maximum atomic E-state index is 5.97. The molecule has 0 aliphatic heterocycles. The standard InChI is InChI=1S/C13H9Cl2/c1-9-4-2-3-5-11(9)10-6-7-12(14)13(15)8-10/h2-4,6-8H,1H3. The zero-order valence-corrected chi connectivity index (χ0v) is 9.73. The van der Waals surface area contributed by atoms with Gasteiger partial charge in [-0.15, -0.1) is 0 Å². The number of hydrogen-bond donors (Lipinski definition) is 0. The lowest BCUT2D eigenvalue weighted by Crippen LogP contribution is -1.83. The van der Waals surface area contributed by atoms with Crippen LogP contribution in [0.4, 0.5) is 0 Å². The van der Waals surface area contributed by atoms with E-state index in [1.165, 1.54) is 5.56 Å². The van der Waals surface area contributed by atoms with Gasteiger partial charge >= 0.3 is 0 Å². The SMILES string of the molecule is Cc1ccc[c]c1-c1ccc(Cl)c(Cl)c1. The number of halogens is 2. The van der Waals surface area contributed by atoms with Crippen molar-refractivity contribution in [1.29, 1.82) is 0 Å². The fourth-order valence-corrected chi connectivity index (χ4v) is 1.78. The summed E-state index contributed by atoms with van der Waals surface area (Å²) in [6.07, 6.45) is 0. The van der Waals surface area contributed by atoms with Gasteiger partial charge in [-0.1, -0.05) is 47.5 Å². The van der Waals surface area contributed by atoms with Gasteiger partial charge in [0.15, 0.2) is 0 Å². The monoisotopic (exact) mass is 235 g/mol. The van der Waals surface area contributed by atoms with Crippen molar-refractivity contribution in [2.45, 2.75) is 6.92 Å². The van der Waals surface area contributed by atoms with E-state index in [0.29, 0.717) is 10.0 Å². The maximum Gasteiger partial charge on any atom is 0.0598 e. The Balaban J connectivity index is 2.55. The highest BCUT2D eigenvalue weighted by Crippen LogP contribution is 2.29. The number of rotatable bonds is 1. The molecule has 0 spiro atoms. The predicted octanol–water partition coefficient (Wildman–Crippen LogP) is 4.77. The topological polar surface area (TPSA) is 0 Å². The Morgan fingerprint density at radius 1 is 1.07 bits per heavy atom. The molecule has 15 heavy (non-hydrogen) atoms. The van der Waals surface area contributed by atoms with Crippen molar-refractivity contribution in [3.8, 4) is 11.1 Å². The summed E-state index contributed by atoms with van der Waals surface area (Å²) in [6.45, 7) is 2.05. The van der Waals surface area contributed by atoms with E-state index in [1.807, 2.05) is 37.3 Å². The second-order valence-corrected chi connectivity index (χ2v) is 4.17. The average Bonchev–Trinajstić information content (AvgIpc) is 2.23. The van der Waals surface area contributed by atoms with Gasteiger partial charge in [-0.05, 0) is 41.8 Å². The van der Waals surface area contributed by atoms with Crippen molar-refractivity contribution in [2.75, 3.05) is 0 Å². The second-order valence-electron chi connectivity index (χ2n) is 3.36. The lowest BCUT2D eigenvalue weighted by Gasteiger charge is -2.06. The summed E-state index contributed by atoms with van der Waals surface area (Å²) in [6, 6.07) is 14.7. The third-order valence-electron chi connectivity index (χ3n) is 2.27. The summed E-state index contributed by atoms with van der Waals surface area (Å²) in [7, 11) is 0. The Morgan fingerprint density at radius 2 is 1.87 bits per heavy atom. The van der Waals surface area contributed by atoms with Crippen LogP contribution in [0, 0.1) is 13.0 Å². The van der Waals surface area contributed by atoms with E-state index in [9.17, 15) is 0 Å². The molecule has 0 aromatic heterocycles. The molecule has 0 atom stereocenters. The van der Waals surface area contributed by atoms with Crippen molar-refractivity contribution in [1.82, 2.24) is 0 Å². The zero-order chi connectivity index (χ0) is 10.8. The molecule has 2 aromatic carbocycles. The molecule has 0 N–H and O–H groups in total. The Morgan fingerprint density at radius 3 is 2.53 bits per heavy atom. The first kappa shape index (κ1) is 10.5. The van der Waals surface area contributed by atoms with E-state index in [1.54, 1.807) is 6.07 Å². The highest BCUT2D eigenvalue weighted by molar-refractivity contribution is 6.42. The normalized spacial score (nSPS) is 10.3. The van der Waals surface area contributed by atoms with Gasteiger partial charge in [0.25, 0.3) is 0 Å². The lowest BCUT2D eigenvalue weighted by molar-refractivity contribution is 1.45. The summed E-state index contributed by atoms with van der Waals surface area (Å²) in [4.78, 5) is 0. The van der Waals surface area contributed by atoms with Crippen LogP contribution in [-0.4, -0.2) is 0 Å². The third kappa shape index (κ3) is 2.17. The maximum absolute atomic E-state index is 5.97. The first-order chi connectivity index (χ1) is 7.18.